The maximum absolute atomic E-state index is 4.77. The minimum atomic E-state index is 0.254. The molecule has 3 aromatic rings. The van der Waals surface area contributed by atoms with Gasteiger partial charge in [-0.05, 0) is 36.9 Å². The molecule has 2 aromatic carbocycles. The summed E-state index contributed by atoms with van der Waals surface area (Å²) in [7, 11) is 2.14. The molecule has 0 radical (unpaired) electrons. The van der Waals surface area contributed by atoms with Gasteiger partial charge in [-0.1, -0.05) is 36.4 Å². The first-order chi connectivity index (χ1) is 10.7. The lowest BCUT2D eigenvalue weighted by Crippen LogP contribution is -2.36. The number of fused-ring (bicyclic) bond motifs is 2. The van der Waals surface area contributed by atoms with Crippen molar-refractivity contribution in [2.75, 3.05) is 16.8 Å². The molecule has 0 N–H and O–H groups in total. The third kappa shape index (κ3) is 1.72. The van der Waals surface area contributed by atoms with E-state index < -0.39 is 0 Å². The van der Waals surface area contributed by atoms with Crippen LogP contribution in [0.5, 0.6) is 0 Å². The monoisotopic (exact) mass is 289 g/mol. The number of benzene rings is 2. The largest absolute Gasteiger partial charge is 0.352 e. The van der Waals surface area contributed by atoms with Crippen LogP contribution >= 0.6 is 0 Å². The molecule has 0 saturated carbocycles. The van der Waals surface area contributed by atoms with Crippen LogP contribution in [-0.4, -0.2) is 18.2 Å². The van der Waals surface area contributed by atoms with Crippen LogP contribution in [0.4, 0.5) is 17.2 Å². The van der Waals surface area contributed by atoms with Gasteiger partial charge < -0.3 is 9.80 Å². The van der Waals surface area contributed by atoms with E-state index in [-0.39, 0.29) is 6.17 Å². The standard InChI is InChI=1S/C19H19N3/c1-13-16-9-5-4-8-15(16)12-20-19(13)22-14(2)21(3)17-10-6-7-11-18(17)22/h4-12,14H,1-3H3/t14-/m0/s1. The second-order valence-corrected chi connectivity index (χ2v) is 5.90. The lowest BCUT2D eigenvalue weighted by atomic mass is 10.1. The zero-order valence-corrected chi connectivity index (χ0v) is 13.1. The van der Waals surface area contributed by atoms with Crippen molar-refractivity contribution in [2.24, 2.45) is 0 Å². The Labute approximate surface area is 130 Å². The number of aryl methyl sites for hydroxylation is 1. The Kier molecular flexibility index (Phi) is 2.83. The summed E-state index contributed by atoms with van der Waals surface area (Å²) in [6.45, 7) is 4.38. The molecule has 0 amide bonds. The summed E-state index contributed by atoms with van der Waals surface area (Å²) >= 11 is 0. The Bertz CT molecular complexity index is 856. The maximum atomic E-state index is 4.77. The van der Waals surface area contributed by atoms with Crippen LogP contribution in [0.3, 0.4) is 0 Å². The number of aromatic nitrogens is 1. The molecule has 1 aliphatic rings. The molecule has 1 atom stereocenters. The Morgan fingerprint density at radius 3 is 2.45 bits per heavy atom. The molecule has 110 valence electrons. The van der Waals surface area contributed by atoms with Crippen LogP contribution in [0.25, 0.3) is 10.8 Å². The summed E-state index contributed by atoms with van der Waals surface area (Å²) in [4.78, 5) is 9.40. The van der Waals surface area contributed by atoms with E-state index >= 15 is 0 Å². The molecule has 2 heterocycles. The summed E-state index contributed by atoms with van der Waals surface area (Å²) < 4.78 is 0. The minimum absolute atomic E-state index is 0.254. The van der Waals surface area contributed by atoms with E-state index in [1.54, 1.807) is 0 Å². The maximum Gasteiger partial charge on any atom is 0.138 e. The van der Waals surface area contributed by atoms with Crippen molar-refractivity contribution in [3.05, 3.63) is 60.3 Å². The van der Waals surface area contributed by atoms with Crippen LogP contribution in [0.2, 0.25) is 0 Å². The van der Waals surface area contributed by atoms with Crippen molar-refractivity contribution in [1.82, 2.24) is 4.98 Å². The van der Waals surface area contributed by atoms with Gasteiger partial charge in [-0.25, -0.2) is 4.98 Å². The van der Waals surface area contributed by atoms with E-state index in [1.807, 2.05) is 6.20 Å². The van der Waals surface area contributed by atoms with Crippen molar-refractivity contribution in [2.45, 2.75) is 20.0 Å². The molecule has 0 bridgehead atoms. The first-order valence-electron chi connectivity index (χ1n) is 7.64. The predicted octanol–water partition coefficient (Wildman–Crippen LogP) is 4.48. The normalized spacial score (nSPS) is 17.1. The van der Waals surface area contributed by atoms with E-state index in [0.29, 0.717) is 0 Å². The molecule has 4 rings (SSSR count). The smallest absolute Gasteiger partial charge is 0.138 e. The summed E-state index contributed by atoms with van der Waals surface area (Å²) in [6, 6.07) is 17.0. The summed E-state index contributed by atoms with van der Waals surface area (Å²) in [5, 5.41) is 2.46. The number of nitrogens with zero attached hydrogens (tertiary/aromatic N) is 3. The zero-order chi connectivity index (χ0) is 15.3. The predicted molar refractivity (Wildman–Crippen MR) is 92.9 cm³/mol. The fraction of sp³-hybridized carbons (Fsp3) is 0.211. The molecule has 22 heavy (non-hydrogen) atoms. The average molecular weight is 289 g/mol. The third-order valence-corrected chi connectivity index (χ3v) is 4.71. The zero-order valence-electron chi connectivity index (χ0n) is 13.1. The molecule has 3 heteroatoms. The van der Waals surface area contributed by atoms with Gasteiger partial charge in [-0.3, -0.25) is 0 Å². The molecule has 3 nitrogen and oxygen atoms in total. The minimum Gasteiger partial charge on any atom is -0.352 e. The number of rotatable bonds is 1. The van der Waals surface area contributed by atoms with Crippen molar-refractivity contribution in [3.63, 3.8) is 0 Å². The van der Waals surface area contributed by atoms with Crippen LogP contribution in [0.1, 0.15) is 12.5 Å². The van der Waals surface area contributed by atoms with Crippen molar-refractivity contribution < 1.29 is 0 Å². The first-order valence-corrected chi connectivity index (χ1v) is 7.64. The Hall–Kier alpha value is -2.55. The van der Waals surface area contributed by atoms with E-state index in [2.05, 4.69) is 79.2 Å². The molecule has 1 aliphatic heterocycles. The highest BCUT2D eigenvalue weighted by Gasteiger charge is 2.32. The van der Waals surface area contributed by atoms with Crippen LogP contribution in [0, 0.1) is 6.92 Å². The van der Waals surface area contributed by atoms with Gasteiger partial charge in [0.05, 0.1) is 11.4 Å². The highest BCUT2D eigenvalue weighted by Crippen LogP contribution is 2.43. The number of hydrogen-bond donors (Lipinski definition) is 0. The molecular weight excluding hydrogens is 270 g/mol. The van der Waals surface area contributed by atoms with Gasteiger partial charge in [0, 0.05) is 18.6 Å². The first kappa shape index (κ1) is 13.1. The van der Waals surface area contributed by atoms with Gasteiger partial charge in [0.25, 0.3) is 0 Å². The highest BCUT2D eigenvalue weighted by molar-refractivity contribution is 5.91. The number of hydrogen-bond acceptors (Lipinski definition) is 3. The van der Waals surface area contributed by atoms with Crippen LogP contribution in [0.15, 0.2) is 54.7 Å². The highest BCUT2D eigenvalue weighted by atomic mass is 15.4. The SMILES string of the molecule is Cc1c(N2c3ccccc3N(C)[C@@H]2C)ncc2ccccc12. The Balaban J connectivity index is 1.94. The lowest BCUT2D eigenvalue weighted by molar-refractivity contribution is 0.726. The lowest BCUT2D eigenvalue weighted by Gasteiger charge is -2.28. The Morgan fingerprint density at radius 2 is 1.64 bits per heavy atom. The van der Waals surface area contributed by atoms with E-state index in [1.165, 1.54) is 27.7 Å². The Morgan fingerprint density at radius 1 is 0.955 bits per heavy atom. The van der Waals surface area contributed by atoms with Gasteiger partial charge in [-0.15, -0.1) is 0 Å². The molecule has 0 unspecified atom stereocenters. The molecular formula is C19H19N3. The average Bonchev–Trinajstić information content (AvgIpc) is 2.81. The van der Waals surface area contributed by atoms with Gasteiger partial charge in [0.1, 0.15) is 12.0 Å². The van der Waals surface area contributed by atoms with Crippen LogP contribution < -0.4 is 9.80 Å². The van der Waals surface area contributed by atoms with Gasteiger partial charge in [0.2, 0.25) is 0 Å². The number of pyridine rings is 1. The van der Waals surface area contributed by atoms with E-state index in [9.17, 15) is 0 Å². The number of para-hydroxylation sites is 2. The second-order valence-electron chi connectivity index (χ2n) is 5.90. The van der Waals surface area contributed by atoms with E-state index in [4.69, 9.17) is 4.98 Å². The summed E-state index contributed by atoms with van der Waals surface area (Å²) in [5.74, 6) is 1.04. The van der Waals surface area contributed by atoms with Crippen LogP contribution in [-0.2, 0) is 0 Å². The second kappa shape index (κ2) is 4.73. The van der Waals surface area contributed by atoms with Gasteiger partial charge in [-0.2, -0.15) is 0 Å². The van der Waals surface area contributed by atoms with Crippen molar-refractivity contribution in [3.8, 4) is 0 Å². The van der Waals surface area contributed by atoms with Crippen molar-refractivity contribution >= 4 is 28.0 Å². The molecule has 1 aromatic heterocycles. The topological polar surface area (TPSA) is 19.4 Å². The van der Waals surface area contributed by atoms with E-state index in [0.717, 1.165) is 5.82 Å². The van der Waals surface area contributed by atoms with Gasteiger partial charge >= 0.3 is 0 Å². The summed E-state index contributed by atoms with van der Waals surface area (Å²) in [6.07, 6.45) is 2.23. The third-order valence-electron chi connectivity index (χ3n) is 4.71. The summed E-state index contributed by atoms with van der Waals surface area (Å²) in [5.41, 5.74) is 3.71. The molecule has 0 saturated heterocycles. The molecule has 0 fully saturated rings. The fourth-order valence-electron chi connectivity index (χ4n) is 3.37. The molecule has 0 spiro atoms. The quantitative estimate of drug-likeness (QED) is 0.658. The fourth-order valence-corrected chi connectivity index (χ4v) is 3.37. The van der Waals surface area contributed by atoms with Crippen molar-refractivity contribution in [1.29, 1.82) is 0 Å². The molecule has 0 aliphatic carbocycles. The number of anilines is 3. The van der Waals surface area contributed by atoms with Gasteiger partial charge in [0.15, 0.2) is 0 Å².